The van der Waals surface area contributed by atoms with Crippen LogP contribution in [0.15, 0.2) is 0 Å². The third-order valence-electron chi connectivity index (χ3n) is 4.16. The summed E-state index contributed by atoms with van der Waals surface area (Å²) >= 11 is 0. The Morgan fingerprint density at radius 3 is 3.10 bits per heavy atom. The summed E-state index contributed by atoms with van der Waals surface area (Å²) in [6.45, 7) is 4.66. The van der Waals surface area contributed by atoms with Crippen molar-refractivity contribution < 1.29 is 9.53 Å². The number of ether oxygens (including phenoxy) is 1. The second kappa shape index (κ2) is 5.54. The predicted molar refractivity (Wildman–Crippen MR) is 74.5 cm³/mol. The van der Waals surface area contributed by atoms with Crippen LogP contribution in [0, 0.1) is 5.92 Å². The normalized spacial score (nSPS) is 22.8. The van der Waals surface area contributed by atoms with E-state index < -0.39 is 0 Å². The number of nitrogens with zero attached hydrogens (tertiary/aromatic N) is 3. The first-order valence-electron chi connectivity index (χ1n) is 7.23. The Hall–Kier alpha value is -1.40. The molecule has 1 N–H and O–H groups in total. The van der Waals surface area contributed by atoms with Gasteiger partial charge in [-0.25, -0.2) is 0 Å². The van der Waals surface area contributed by atoms with Gasteiger partial charge in [0.05, 0.1) is 6.61 Å². The van der Waals surface area contributed by atoms with E-state index in [1.54, 1.807) is 19.0 Å². The zero-order valence-electron chi connectivity index (χ0n) is 12.2. The summed E-state index contributed by atoms with van der Waals surface area (Å²) < 4.78 is 5.44. The Balaban J connectivity index is 1.72. The van der Waals surface area contributed by atoms with Gasteiger partial charge < -0.3 is 9.64 Å². The summed E-state index contributed by atoms with van der Waals surface area (Å²) in [5, 5.41) is 7.25. The van der Waals surface area contributed by atoms with Gasteiger partial charge in [0, 0.05) is 58.0 Å². The Bertz CT molecular complexity index is 491. The van der Waals surface area contributed by atoms with E-state index in [1.165, 1.54) is 0 Å². The van der Waals surface area contributed by atoms with Gasteiger partial charge in [0.25, 0.3) is 5.91 Å². The number of aromatic amines is 1. The van der Waals surface area contributed by atoms with Gasteiger partial charge in [-0.15, -0.1) is 0 Å². The Labute approximate surface area is 119 Å². The number of hydrogen-bond acceptors (Lipinski definition) is 4. The maximum absolute atomic E-state index is 12.1. The van der Waals surface area contributed by atoms with Crippen molar-refractivity contribution in [2.45, 2.75) is 19.4 Å². The highest BCUT2D eigenvalue weighted by molar-refractivity contribution is 5.93. The number of hydrogen-bond donors (Lipinski definition) is 1. The van der Waals surface area contributed by atoms with Crippen LogP contribution in [0.4, 0.5) is 0 Å². The van der Waals surface area contributed by atoms with E-state index in [9.17, 15) is 4.79 Å². The smallest absolute Gasteiger partial charge is 0.274 e. The summed E-state index contributed by atoms with van der Waals surface area (Å²) in [6.07, 6.45) is 2.09. The maximum atomic E-state index is 12.1. The highest BCUT2D eigenvalue weighted by Crippen LogP contribution is 2.23. The Morgan fingerprint density at radius 2 is 2.40 bits per heavy atom. The molecule has 2 aliphatic heterocycles. The number of carbonyl (C=O) groups excluding carboxylic acids is 1. The lowest BCUT2D eigenvalue weighted by molar-refractivity contribution is 0.0818. The van der Waals surface area contributed by atoms with Crippen LogP contribution in [-0.2, 0) is 17.7 Å². The summed E-state index contributed by atoms with van der Waals surface area (Å²) in [4.78, 5) is 16.1. The van der Waals surface area contributed by atoms with E-state index in [1.807, 2.05) is 0 Å². The zero-order chi connectivity index (χ0) is 14.1. The molecule has 1 fully saturated rings. The van der Waals surface area contributed by atoms with E-state index in [2.05, 4.69) is 15.1 Å². The Kier molecular flexibility index (Phi) is 3.76. The highest BCUT2D eigenvalue weighted by atomic mass is 16.5. The molecule has 1 amide bonds. The van der Waals surface area contributed by atoms with E-state index in [0.717, 1.165) is 56.9 Å². The van der Waals surface area contributed by atoms with Crippen molar-refractivity contribution in [1.82, 2.24) is 20.0 Å². The summed E-state index contributed by atoms with van der Waals surface area (Å²) in [5.41, 5.74) is 2.78. The van der Waals surface area contributed by atoms with Crippen LogP contribution in [0.25, 0.3) is 0 Å². The first-order valence-corrected chi connectivity index (χ1v) is 7.23. The van der Waals surface area contributed by atoms with Crippen molar-refractivity contribution >= 4 is 5.91 Å². The van der Waals surface area contributed by atoms with Crippen molar-refractivity contribution in [3.63, 3.8) is 0 Å². The van der Waals surface area contributed by atoms with Crippen LogP contribution >= 0.6 is 0 Å². The van der Waals surface area contributed by atoms with Gasteiger partial charge in [-0.1, -0.05) is 0 Å². The lowest BCUT2D eigenvalue weighted by Crippen LogP contribution is -2.35. The maximum Gasteiger partial charge on any atom is 0.274 e. The number of amides is 1. The van der Waals surface area contributed by atoms with E-state index in [0.29, 0.717) is 11.6 Å². The molecule has 3 rings (SSSR count). The van der Waals surface area contributed by atoms with Crippen LogP contribution in [-0.4, -0.2) is 66.3 Å². The topological polar surface area (TPSA) is 61.5 Å². The van der Waals surface area contributed by atoms with E-state index in [4.69, 9.17) is 4.74 Å². The summed E-state index contributed by atoms with van der Waals surface area (Å²) in [6, 6.07) is 0. The molecule has 1 aromatic heterocycles. The monoisotopic (exact) mass is 278 g/mol. The fraction of sp³-hybridized carbons (Fsp3) is 0.714. The molecule has 1 atom stereocenters. The van der Waals surface area contributed by atoms with Gasteiger partial charge in [-0.05, 0) is 12.3 Å². The number of carbonyl (C=O) groups is 1. The molecule has 0 radical (unpaired) electrons. The molecule has 0 aliphatic carbocycles. The molecule has 0 bridgehead atoms. The molecule has 1 aromatic rings. The zero-order valence-corrected chi connectivity index (χ0v) is 12.2. The minimum Gasteiger partial charge on any atom is -0.381 e. The van der Waals surface area contributed by atoms with Crippen LogP contribution in [0.1, 0.15) is 28.2 Å². The van der Waals surface area contributed by atoms with Crippen molar-refractivity contribution in [1.29, 1.82) is 0 Å². The fourth-order valence-electron chi connectivity index (χ4n) is 2.99. The number of rotatable bonds is 3. The van der Waals surface area contributed by atoms with Crippen molar-refractivity contribution in [3.05, 3.63) is 17.0 Å². The molecular weight excluding hydrogens is 256 g/mol. The second-order valence-corrected chi connectivity index (χ2v) is 5.94. The number of fused-ring (bicyclic) bond motifs is 1. The predicted octanol–water partition coefficient (Wildman–Crippen LogP) is 0.506. The van der Waals surface area contributed by atoms with Crippen LogP contribution < -0.4 is 0 Å². The molecule has 0 aromatic carbocycles. The van der Waals surface area contributed by atoms with Gasteiger partial charge in [0.1, 0.15) is 0 Å². The van der Waals surface area contributed by atoms with E-state index in [-0.39, 0.29) is 5.91 Å². The average Bonchev–Trinajstić information content (AvgIpc) is 3.06. The largest absolute Gasteiger partial charge is 0.381 e. The van der Waals surface area contributed by atoms with Crippen molar-refractivity contribution in [2.24, 2.45) is 5.92 Å². The molecule has 0 spiro atoms. The molecule has 3 heterocycles. The second-order valence-electron chi connectivity index (χ2n) is 5.94. The number of aromatic nitrogens is 2. The lowest BCUT2D eigenvalue weighted by Gasteiger charge is -2.28. The number of H-pyrrole nitrogens is 1. The fourth-order valence-corrected chi connectivity index (χ4v) is 2.99. The minimum atomic E-state index is -0.0199. The highest BCUT2D eigenvalue weighted by Gasteiger charge is 2.28. The molecule has 0 saturated carbocycles. The molecule has 110 valence electrons. The van der Waals surface area contributed by atoms with Crippen molar-refractivity contribution in [2.75, 3.05) is 40.4 Å². The number of nitrogens with one attached hydrogen (secondary N) is 1. The first kappa shape index (κ1) is 13.6. The molecule has 6 nitrogen and oxygen atoms in total. The first-order chi connectivity index (χ1) is 9.65. The third-order valence-corrected chi connectivity index (χ3v) is 4.16. The van der Waals surface area contributed by atoms with Crippen LogP contribution in [0.2, 0.25) is 0 Å². The van der Waals surface area contributed by atoms with E-state index >= 15 is 0 Å². The van der Waals surface area contributed by atoms with Crippen molar-refractivity contribution in [3.8, 4) is 0 Å². The molecule has 20 heavy (non-hydrogen) atoms. The summed E-state index contributed by atoms with van der Waals surface area (Å²) in [5.74, 6) is 0.616. The molecule has 2 aliphatic rings. The third kappa shape index (κ3) is 2.58. The average molecular weight is 278 g/mol. The minimum absolute atomic E-state index is 0.0199. The Morgan fingerprint density at radius 1 is 1.55 bits per heavy atom. The molecule has 6 heteroatoms. The SMILES string of the molecule is CN(C)C(=O)c1n[nH]c2c1CN(CC1CCOC1)CC2. The van der Waals surface area contributed by atoms with Crippen LogP contribution in [0.5, 0.6) is 0 Å². The molecular formula is C14H22N4O2. The quantitative estimate of drug-likeness (QED) is 0.875. The standard InChI is InChI=1S/C14H22N4O2/c1-17(2)14(19)13-11-8-18(5-3-12(11)15-16-13)7-10-4-6-20-9-10/h10H,3-9H2,1-2H3,(H,15,16). The van der Waals surface area contributed by atoms with Crippen LogP contribution in [0.3, 0.4) is 0 Å². The van der Waals surface area contributed by atoms with Gasteiger partial charge >= 0.3 is 0 Å². The molecule has 1 unspecified atom stereocenters. The van der Waals surface area contributed by atoms with Gasteiger partial charge in [-0.2, -0.15) is 5.10 Å². The summed E-state index contributed by atoms with van der Waals surface area (Å²) in [7, 11) is 3.53. The van der Waals surface area contributed by atoms with Gasteiger partial charge in [0.15, 0.2) is 5.69 Å². The van der Waals surface area contributed by atoms with Gasteiger partial charge in [-0.3, -0.25) is 14.8 Å². The molecule has 1 saturated heterocycles. The van der Waals surface area contributed by atoms with Gasteiger partial charge in [0.2, 0.25) is 0 Å². The lowest BCUT2D eigenvalue weighted by atomic mass is 10.0.